The quantitative estimate of drug-likeness (QED) is 0.777. The van der Waals surface area contributed by atoms with E-state index in [1.54, 1.807) is 12.1 Å². The van der Waals surface area contributed by atoms with E-state index in [2.05, 4.69) is 0 Å². The molecule has 0 bridgehead atoms. The first-order valence-corrected chi connectivity index (χ1v) is 6.47. The summed E-state index contributed by atoms with van der Waals surface area (Å²) in [6.07, 6.45) is 5.74. The van der Waals surface area contributed by atoms with E-state index in [4.69, 9.17) is 11.1 Å². The van der Waals surface area contributed by atoms with E-state index in [1.807, 2.05) is 11.9 Å². The fourth-order valence-corrected chi connectivity index (χ4v) is 2.77. The van der Waals surface area contributed by atoms with Gasteiger partial charge in [0.1, 0.15) is 5.70 Å². The molecule has 0 spiro atoms. The van der Waals surface area contributed by atoms with E-state index in [1.165, 1.54) is 11.1 Å². The van der Waals surface area contributed by atoms with Crippen LogP contribution in [0.2, 0.25) is 0 Å². The van der Waals surface area contributed by atoms with E-state index in [0.29, 0.717) is 18.1 Å². The van der Waals surface area contributed by atoms with Crippen LogP contribution < -0.4 is 5.73 Å². The van der Waals surface area contributed by atoms with Gasteiger partial charge in [-0.05, 0) is 19.8 Å². The van der Waals surface area contributed by atoms with Crippen molar-refractivity contribution in [2.75, 3.05) is 13.6 Å². The van der Waals surface area contributed by atoms with Gasteiger partial charge in [-0.15, -0.1) is 0 Å². The monoisotopic (exact) mass is 251 g/mol. The number of amidine groups is 1. The minimum atomic E-state index is -0.114. The van der Waals surface area contributed by atoms with Crippen molar-refractivity contribution in [2.24, 2.45) is 5.73 Å². The SMILES string of the molecule is CCN1C(=O)N(C)/C(=C/N)C(=N)N1C1CCCC1. The third-order valence-electron chi connectivity index (χ3n) is 3.73. The van der Waals surface area contributed by atoms with Crippen LogP contribution in [0.1, 0.15) is 32.6 Å². The van der Waals surface area contributed by atoms with Gasteiger partial charge in [-0.1, -0.05) is 12.8 Å². The van der Waals surface area contributed by atoms with Crippen LogP contribution in [-0.4, -0.2) is 46.4 Å². The Balaban J connectivity index is 2.34. The molecule has 2 rings (SSSR count). The number of carbonyl (C=O) groups excluding carboxylic acids is 1. The smallest absolute Gasteiger partial charge is 0.343 e. The highest BCUT2D eigenvalue weighted by Crippen LogP contribution is 2.29. The molecule has 0 aromatic heterocycles. The molecule has 0 unspecified atom stereocenters. The van der Waals surface area contributed by atoms with E-state index in [0.717, 1.165) is 25.7 Å². The highest BCUT2D eigenvalue weighted by atomic mass is 16.2. The Morgan fingerprint density at radius 1 is 1.44 bits per heavy atom. The van der Waals surface area contributed by atoms with Crippen molar-refractivity contribution in [1.82, 2.24) is 14.9 Å². The molecule has 2 aliphatic rings. The first kappa shape index (κ1) is 12.7. The number of hydrogen-bond acceptors (Lipinski definition) is 3. The first-order chi connectivity index (χ1) is 8.61. The van der Waals surface area contributed by atoms with Gasteiger partial charge < -0.3 is 5.73 Å². The standard InChI is InChI=1S/C12H21N5O/c1-3-16-12(18)15(2)10(8-13)11(14)17(16)9-6-4-5-7-9/h8-9,14H,3-7,13H2,1-2H3/b10-8+,14-11?. The summed E-state index contributed by atoms with van der Waals surface area (Å²) in [6.45, 7) is 2.50. The molecule has 3 N–H and O–H groups in total. The highest BCUT2D eigenvalue weighted by molar-refractivity contribution is 6.02. The Morgan fingerprint density at radius 3 is 2.56 bits per heavy atom. The van der Waals surface area contributed by atoms with Gasteiger partial charge >= 0.3 is 6.03 Å². The van der Waals surface area contributed by atoms with E-state index in [-0.39, 0.29) is 12.1 Å². The predicted molar refractivity (Wildman–Crippen MR) is 69.6 cm³/mol. The van der Waals surface area contributed by atoms with E-state index in [9.17, 15) is 4.79 Å². The van der Waals surface area contributed by atoms with Crippen molar-refractivity contribution in [3.05, 3.63) is 11.9 Å². The van der Waals surface area contributed by atoms with Crippen molar-refractivity contribution >= 4 is 11.9 Å². The van der Waals surface area contributed by atoms with Crippen LogP contribution in [0.4, 0.5) is 4.79 Å². The van der Waals surface area contributed by atoms with Gasteiger partial charge in [-0.3, -0.25) is 15.3 Å². The molecular weight excluding hydrogens is 230 g/mol. The number of hydrazine groups is 1. The summed E-state index contributed by atoms with van der Waals surface area (Å²) in [7, 11) is 1.66. The molecule has 18 heavy (non-hydrogen) atoms. The second-order valence-corrected chi connectivity index (χ2v) is 4.74. The van der Waals surface area contributed by atoms with E-state index < -0.39 is 0 Å². The number of amides is 2. The number of likely N-dealkylation sites (N-methyl/N-ethyl adjacent to an activating group) is 1. The summed E-state index contributed by atoms with van der Waals surface area (Å²) in [5.41, 5.74) is 6.04. The van der Waals surface area contributed by atoms with Gasteiger partial charge in [0.15, 0.2) is 5.84 Å². The van der Waals surface area contributed by atoms with Crippen LogP contribution in [0.15, 0.2) is 11.9 Å². The predicted octanol–water partition coefficient (Wildman–Crippen LogP) is 1.31. The Labute approximate surface area is 107 Å². The Hall–Kier alpha value is -1.72. The highest BCUT2D eigenvalue weighted by Gasteiger charge is 2.40. The van der Waals surface area contributed by atoms with Crippen LogP contribution in [0, 0.1) is 5.41 Å². The summed E-state index contributed by atoms with van der Waals surface area (Å²) < 4.78 is 0. The second-order valence-electron chi connectivity index (χ2n) is 4.74. The molecule has 0 aromatic carbocycles. The van der Waals surface area contributed by atoms with Crippen LogP contribution in [-0.2, 0) is 0 Å². The van der Waals surface area contributed by atoms with Crippen LogP contribution in [0.5, 0.6) is 0 Å². The molecule has 100 valence electrons. The number of hydrogen-bond donors (Lipinski definition) is 2. The van der Waals surface area contributed by atoms with Gasteiger partial charge in [-0.2, -0.15) is 0 Å². The summed E-state index contributed by atoms with van der Waals surface area (Å²) in [4.78, 5) is 13.7. The minimum Gasteiger partial charge on any atom is -0.403 e. The summed E-state index contributed by atoms with van der Waals surface area (Å²) >= 11 is 0. The zero-order valence-electron chi connectivity index (χ0n) is 11.0. The number of nitrogens with zero attached hydrogens (tertiary/aromatic N) is 3. The summed E-state index contributed by atoms with van der Waals surface area (Å²) in [6, 6.07) is 0.141. The fraction of sp³-hybridized carbons (Fsp3) is 0.667. The molecule has 1 saturated heterocycles. The zero-order chi connectivity index (χ0) is 13.3. The minimum absolute atomic E-state index is 0.114. The van der Waals surface area contributed by atoms with Crippen LogP contribution in [0.25, 0.3) is 0 Å². The zero-order valence-corrected chi connectivity index (χ0v) is 11.0. The lowest BCUT2D eigenvalue weighted by Gasteiger charge is -2.46. The lowest BCUT2D eigenvalue weighted by atomic mass is 10.2. The van der Waals surface area contributed by atoms with Crippen molar-refractivity contribution in [1.29, 1.82) is 5.41 Å². The molecular formula is C12H21N5O. The molecule has 0 atom stereocenters. The number of urea groups is 1. The number of nitrogens with two attached hydrogens (primary N) is 1. The lowest BCUT2D eigenvalue weighted by molar-refractivity contribution is 0.0246. The van der Waals surface area contributed by atoms with Crippen molar-refractivity contribution in [2.45, 2.75) is 38.6 Å². The van der Waals surface area contributed by atoms with Gasteiger partial charge in [0, 0.05) is 19.8 Å². The molecule has 2 fully saturated rings. The number of nitrogens with one attached hydrogen (secondary N) is 1. The Kier molecular flexibility index (Phi) is 3.45. The average molecular weight is 251 g/mol. The van der Waals surface area contributed by atoms with Crippen LogP contribution >= 0.6 is 0 Å². The first-order valence-electron chi connectivity index (χ1n) is 6.47. The van der Waals surface area contributed by atoms with Crippen molar-refractivity contribution < 1.29 is 4.79 Å². The summed E-state index contributed by atoms with van der Waals surface area (Å²) in [5, 5.41) is 11.7. The van der Waals surface area contributed by atoms with Crippen LogP contribution in [0.3, 0.4) is 0 Å². The van der Waals surface area contributed by atoms with Crippen molar-refractivity contribution in [3.63, 3.8) is 0 Å². The molecule has 1 heterocycles. The lowest BCUT2D eigenvalue weighted by Crippen LogP contribution is -2.62. The molecule has 6 nitrogen and oxygen atoms in total. The molecule has 0 aromatic rings. The van der Waals surface area contributed by atoms with Gasteiger partial charge in [0.25, 0.3) is 0 Å². The van der Waals surface area contributed by atoms with Gasteiger partial charge in [0.05, 0.1) is 6.04 Å². The Bertz CT molecular complexity index is 386. The molecule has 6 heteroatoms. The second kappa shape index (κ2) is 4.88. The number of carbonyl (C=O) groups is 1. The molecule has 2 amide bonds. The third-order valence-corrected chi connectivity index (χ3v) is 3.73. The maximum atomic E-state index is 12.3. The van der Waals surface area contributed by atoms with Crippen molar-refractivity contribution in [3.8, 4) is 0 Å². The molecule has 1 aliphatic carbocycles. The van der Waals surface area contributed by atoms with E-state index >= 15 is 0 Å². The normalized spacial score (nSPS) is 24.6. The average Bonchev–Trinajstić information content (AvgIpc) is 2.87. The number of rotatable bonds is 2. The fourth-order valence-electron chi connectivity index (χ4n) is 2.77. The molecule has 1 saturated carbocycles. The van der Waals surface area contributed by atoms with Gasteiger partial charge in [0.2, 0.25) is 0 Å². The largest absolute Gasteiger partial charge is 0.403 e. The Morgan fingerprint density at radius 2 is 2.06 bits per heavy atom. The summed E-state index contributed by atoms with van der Waals surface area (Å²) in [5.74, 6) is 0.327. The topological polar surface area (TPSA) is 76.7 Å². The molecule has 0 radical (unpaired) electrons. The maximum Gasteiger partial charge on any atom is 0.343 e. The maximum absolute atomic E-state index is 12.3. The van der Waals surface area contributed by atoms with Gasteiger partial charge in [-0.25, -0.2) is 9.80 Å². The third kappa shape index (κ3) is 1.81. The molecule has 1 aliphatic heterocycles.